The van der Waals surface area contributed by atoms with Gasteiger partial charge in [-0.1, -0.05) is 25.1 Å². The van der Waals surface area contributed by atoms with Crippen LogP contribution in [0.25, 0.3) is 0 Å². The number of carbonyl (C=O) groups excluding carboxylic acids is 2. The molecule has 1 aliphatic rings. The third kappa shape index (κ3) is 5.23. The third-order valence-corrected chi connectivity index (χ3v) is 4.80. The Morgan fingerprint density at radius 1 is 1.27 bits per heavy atom. The van der Waals surface area contributed by atoms with Gasteiger partial charge in [0, 0.05) is 31.2 Å². The van der Waals surface area contributed by atoms with Crippen LogP contribution < -0.4 is 4.90 Å². The highest BCUT2D eigenvalue weighted by molar-refractivity contribution is 5.93. The van der Waals surface area contributed by atoms with Crippen LogP contribution in [0.4, 0.5) is 10.5 Å². The Kier molecular flexibility index (Phi) is 6.68. The lowest BCUT2D eigenvalue weighted by Crippen LogP contribution is -2.50. The third-order valence-electron chi connectivity index (χ3n) is 4.80. The first-order valence-electron chi connectivity index (χ1n) is 9.58. The largest absolute Gasteiger partial charge is 0.444 e. The van der Waals surface area contributed by atoms with Crippen LogP contribution in [0.2, 0.25) is 0 Å². The molecule has 144 valence electrons. The van der Waals surface area contributed by atoms with Gasteiger partial charge in [-0.2, -0.15) is 0 Å². The van der Waals surface area contributed by atoms with Crippen LogP contribution in [0.3, 0.4) is 0 Å². The number of nitrogens with zero attached hydrogens (tertiary/aromatic N) is 2. The number of rotatable bonds is 4. The van der Waals surface area contributed by atoms with E-state index in [-0.39, 0.29) is 24.0 Å². The molecule has 5 heteroatoms. The highest BCUT2D eigenvalue weighted by Gasteiger charge is 2.34. The minimum absolute atomic E-state index is 0.0232. The summed E-state index contributed by atoms with van der Waals surface area (Å²) < 4.78 is 5.53. The zero-order chi connectivity index (χ0) is 19.3. The average molecular weight is 360 g/mol. The van der Waals surface area contributed by atoms with Crippen LogP contribution in [0, 0.1) is 5.92 Å². The molecule has 1 heterocycles. The van der Waals surface area contributed by atoms with Crippen molar-refractivity contribution in [1.29, 1.82) is 0 Å². The van der Waals surface area contributed by atoms with Gasteiger partial charge in [0.1, 0.15) is 5.60 Å². The van der Waals surface area contributed by atoms with Gasteiger partial charge >= 0.3 is 6.09 Å². The average Bonchev–Trinajstić information content (AvgIpc) is 2.61. The van der Waals surface area contributed by atoms with Gasteiger partial charge in [0.2, 0.25) is 5.91 Å². The lowest BCUT2D eigenvalue weighted by molar-refractivity contribution is -0.119. The number of ether oxygens (including phenoxy) is 1. The van der Waals surface area contributed by atoms with Gasteiger partial charge in [0.25, 0.3) is 0 Å². The Morgan fingerprint density at radius 2 is 1.92 bits per heavy atom. The van der Waals surface area contributed by atoms with E-state index in [0.717, 1.165) is 18.5 Å². The van der Waals surface area contributed by atoms with Crippen molar-refractivity contribution < 1.29 is 14.3 Å². The molecule has 1 fully saturated rings. The standard InChI is InChI=1S/C21H32N2O3/c1-6-19(24)23(18-12-8-7-9-13-18)16(2)17-11-10-14-22(15-17)20(25)26-21(3,4)5/h7-9,12-13,16-17H,6,10-11,14-15H2,1-5H3/t16-,17-/m1/s1. The van der Waals surface area contributed by atoms with Crippen molar-refractivity contribution in [3.8, 4) is 0 Å². The smallest absolute Gasteiger partial charge is 0.410 e. The number of amides is 2. The summed E-state index contributed by atoms with van der Waals surface area (Å²) in [5, 5.41) is 0. The summed E-state index contributed by atoms with van der Waals surface area (Å²) in [6, 6.07) is 9.82. The van der Waals surface area contributed by atoms with Crippen LogP contribution in [0.5, 0.6) is 0 Å². The lowest BCUT2D eigenvalue weighted by atomic mass is 9.90. The molecule has 2 rings (SSSR count). The second kappa shape index (κ2) is 8.56. The number of hydrogen-bond donors (Lipinski definition) is 0. The molecule has 0 bridgehead atoms. The predicted octanol–water partition coefficient (Wildman–Crippen LogP) is 4.47. The molecule has 5 nitrogen and oxygen atoms in total. The Bertz CT molecular complexity index is 609. The molecule has 0 radical (unpaired) electrons. The van der Waals surface area contributed by atoms with Gasteiger partial charge in [-0.25, -0.2) is 4.79 Å². The molecule has 0 unspecified atom stereocenters. The van der Waals surface area contributed by atoms with Gasteiger partial charge in [-0.15, -0.1) is 0 Å². The Hall–Kier alpha value is -2.04. The molecule has 1 aliphatic heterocycles. The number of likely N-dealkylation sites (tertiary alicyclic amines) is 1. The van der Waals surface area contributed by atoms with Crippen molar-refractivity contribution in [2.45, 2.75) is 65.5 Å². The molecule has 1 aromatic carbocycles. The molecular weight excluding hydrogens is 328 g/mol. The molecule has 1 saturated heterocycles. The van der Waals surface area contributed by atoms with Crippen molar-refractivity contribution >= 4 is 17.7 Å². The van der Waals surface area contributed by atoms with E-state index in [9.17, 15) is 9.59 Å². The van der Waals surface area contributed by atoms with E-state index in [1.807, 2.05) is 62.9 Å². The molecule has 0 N–H and O–H groups in total. The predicted molar refractivity (Wildman–Crippen MR) is 104 cm³/mol. The number of carbonyl (C=O) groups is 2. The van der Waals surface area contributed by atoms with E-state index in [2.05, 4.69) is 6.92 Å². The first-order valence-corrected chi connectivity index (χ1v) is 9.58. The fraction of sp³-hybridized carbons (Fsp3) is 0.619. The van der Waals surface area contributed by atoms with Crippen molar-refractivity contribution in [3.05, 3.63) is 30.3 Å². The number of hydrogen-bond acceptors (Lipinski definition) is 3. The maximum Gasteiger partial charge on any atom is 0.410 e. The molecule has 26 heavy (non-hydrogen) atoms. The minimum atomic E-state index is -0.496. The number of para-hydroxylation sites is 1. The van der Waals surface area contributed by atoms with Gasteiger partial charge in [0.05, 0.1) is 0 Å². The quantitative estimate of drug-likeness (QED) is 0.796. The Labute approximate surface area is 157 Å². The normalized spacial score (nSPS) is 19.0. The summed E-state index contributed by atoms with van der Waals surface area (Å²) in [6.45, 7) is 11.0. The summed E-state index contributed by atoms with van der Waals surface area (Å²) in [6.07, 6.45) is 2.13. The minimum Gasteiger partial charge on any atom is -0.444 e. The summed E-state index contributed by atoms with van der Waals surface area (Å²) in [5.41, 5.74) is 0.422. The van der Waals surface area contributed by atoms with Gasteiger partial charge in [-0.3, -0.25) is 4.79 Å². The van der Waals surface area contributed by atoms with Crippen molar-refractivity contribution in [2.75, 3.05) is 18.0 Å². The molecule has 0 aromatic heterocycles. The highest BCUT2D eigenvalue weighted by atomic mass is 16.6. The van der Waals surface area contributed by atoms with Crippen LogP contribution in [0.1, 0.15) is 53.9 Å². The van der Waals surface area contributed by atoms with Crippen molar-refractivity contribution in [3.63, 3.8) is 0 Å². The molecule has 0 aliphatic carbocycles. The first-order chi connectivity index (χ1) is 12.2. The topological polar surface area (TPSA) is 49.9 Å². The number of benzene rings is 1. The zero-order valence-electron chi connectivity index (χ0n) is 16.7. The molecule has 0 saturated carbocycles. The fourth-order valence-electron chi connectivity index (χ4n) is 3.47. The highest BCUT2D eigenvalue weighted by Crippen LogP contribution is 2.28. The summed E-state index contributed by atoms with van der Waals surface area (Å²) in [5.74, 6) is 0.338. The monoisotopic (exact) mass is 360 g/mol. The first kappa shape index (κ1) is 20.3. The van der Waals surface area contributed by atoms with E-state index in [0.29, 0.717) is 19.5 Å². The summed E-state index contributed by atoms with van der Waals surface area (Å²) in [4.78, 5) is 28.7. The molecule has 2 amide bonds. The van der Waals surface area contributed by atoms with E-state index >= 15 is 0 Å². The second-order valence-electron chi connectivity index (χ2n) is 8.02. The van der Waals surface area contributed by atoms with Crippen molar-refractivity contribution in [1.82, 2.24) is 4.90 Å². The molecule has 1 aromatic rings. The summed E-state index contributed by atoms with van der Waals surface area (Å²) in [7, 11) is 0. The zero-order valence-corrected chi connectivity index (χ0v) is 16.7. The molecular formula is C21H32N2O3. The Morgan fingerprint density at radius 3 is 2.50 bits per heavy atom. The van der Waals surface area contributed by atoms with Crippen molar-refractivity contribution in [2.24, 2.45) is 5.92 Å². The number of anilines is 1. The lowest BCUT2D eigenvalue weighted by Gasteiger charge is -2.40. The molecule has 2 atom stereocenters. The Balaban J connectivity index is 2.14. The SMILES string of the molecule is CCC(=O)N(c1ccccc1)[C@H](C)[C@@H]1CCCN(C(=O)OC(C)(C)C)C1. The van der Waals surface area contributed by atoms with Crippen LogP contribution >= 0.6 is 0 Å². The van der Waals surface area contributed by atoms with Crippen LogP contribution in [-0.4, -0.2) is 41.6 Å². The second-order valence-corrected chi connectivity index (χ2v) is 8.02. The molecule has 0 spiro atoms. The fourth-order valence-corrected chi connectivity index (χ4v) is 3.47. The summed E-state index contributed by atoms with van der Waals surface area (Å²) >= 11 is 0. The van der Waals surface area contributed by atoms with Gasteiger partial charge < -0.3 is 14.5 Å². The van der Waals surface area contributed by atoms with E-state index in [1.54, 1.807) is 4.90 Å². The van der Waals surface area contributed by atoms with Gasteiger partial charge in [-0.05, 0) is 58.6 Å². The van der Waals surface area contributed by atoms with E-state index in [1.165, 1.54) is 0 Å². The number of piperidine rings is 1. The van der Waals surface area contributed by atoms with E-state index < -0.39 is 5.60 Å². The van der Waals surface area contributed by atoms with Gasteiger partial charge in [0.15, 0.2) is 0 Å². The maximum absolute atomic E-state index is 12.6. The maximum atomic E-state index is 12.6. The van der Waals surface area contributed by atoms with Crippen LogP contribution in [0.15, 0.2) is 30.3 Å². The van der Waals surface area contributed by atoms with E-state index in [4.69, 9.17) is 4.74 Å². The van der Waals surface area contributed by atoms with Crippen LogP contribution in [-0.2, 0) is 9.53 Å².